The number of carbonyl (C=O) groups excluding carboxylic acids is 1. The van der Waals surface area contributed by atoms with Gasteiger partial charge in [0.15, 0.2) is 5.78 Å². The molecule has 0 amide bonds. The summed E-state index contributed by atoms with van der Waals surface area (Å²) >= 11 is 5.98. The zero-order chi connectivity index (χ0) is 12.0. The molecule has 1 aromatic carbocycles. The molecule has 2 aliphatic rings. The zero-order valence-corrected chi connectivity index (χ0v) is 10.7. The molecule has 0 unspecified atom stereocenters. The molecule has 0 N–H and O–H groups in total. The SMILES string of the molecule is CN1CC[C@@H]2CC(=O)c3cc(Cl)ccc3[C@@H]2C1. The second-order valence-electron chi connectivity index (χ2n) is 5.28. The van der Waals surface area contributed by atoms with Crippen LogP contribution in [-0.4, -0.2) is 30.8 Å². The van der Waals surface area contributed by atoms with Crippen molar-refractivity contribution in [2.75, 3.05) is 20.1 Å². The van der Waals surface area contributed by atoms with Gasteiger partial charge in [0.1, 0.15) is 0 Å². The van der Waals surface area contributed by atoms with E-state index in [9.17, 15) is 4.79 Å². The molecule has 3 rings (SSSR count). The number of benzene rings is 1. The van der Waals surface area contributed by atoms with Gasteiger partial charge in [0.2, 0.25) is 0 Å². The first-order valence-corrected chi connectivity index (χ1v) is 6.54. The maximum Gasteiger partial charge on any atom is 0.163 e. The molecule has 3 heteroatoms. The van der Waals surface area contributed by atoms with E-state index < -0.39 is 0 Å². The van der Waals surface area contributed by atoms with Crippen LogP contribution >= 0.6 is 11.6 Å². The van der Waals surface area contributed by atoms with Crippen LogP contribution in [0.25, 0.3) is 0 Å². The highest BCUT2D eigenvalue weighted by atomic mass is 35.5. The van der Waals surface area contributed by atoms with Gasteiger partial charge in [-0.2, -0.15) is 0 Å². The summed E-state index contributed by atoms with van der Waals surface area (Å²) in [6.07, 6.45) is 1.83. The summed E-state index contributed by atoms with van der Waals surface area (Å²) in [5.74, 6) is 1.32. The molecule has 0 aromatic heterocycles. The summed E-state index contributed by atoms with van der Waals surface area (Å²) in [6.45, 7) is 2.17. The second kappa shape index (κ2) is 4.11. The van der Waals surface area contributed by atoms with Gasteiger partial charge in [-0.05, 0) is 43.6 Å². The molecule has 1 aromatic rings. The molecule has 2 nitrogen and oxygen atoms in total. The van der Waals surface area contributed by atoms with E-state index in [0.717, 1.165) is 25.1 Å². The quantitative estimate of drug-likeness (QED) is 0.705. The van der Waals surface area contributed by atoms with E-state index in [1.165, 1.54) is 5.56 Å². The van der Waals surface area contributed by atoms with E-state index in [1.54, 1.807) is 0 Å². The van der Waals surface area contributed by atoms with Crippen LogP contribution in [-0.2, 0) is 0 Å². The number of likely N-dealkylation sites (N-methyl/N-ethyl adjacent to an activating group) is 1. The van der Waals surface area contributed by atoms with Gasteiger partial charge in [-0.25, -0.2) is 0 Å². The molecule has 1 aliphatic carbocycles. The smallest absolute Gasteiger partial charge is 0.163 e. The van der Waals surface area contributed by atoms with Gasteiger partial charge in [0, 0.05) is 29.5 Å². The Balaban J connectivity index is 2.05. The van der Waals surface area contributed by atoms with Crippen molar-refractivity contribution in [2.45, 2.75) is 18.8 Å². The van der Waals surface area contributed by atoms with Gasteiger partial charge in [-0.15, -0.1) is 0 Å². The Hall–Kier alpha value is -0.860. The number of Topliss-reactive ketones (excluding diaryl/α,β-unsaturated/α-hetero) is 1. The van der Waals surface area contributed by atoms with Crippen molar-refractivity contribution >= 4 is 17.4 Å². The predicted molar refractivity (Wildman–Crippen MR) is 68.7 cm³/mol. The molecule has 0 bridgehead atoms. The average molecular weight is 250 g/mol. The van der Waals surface area contributed by atoms with Crippen molar-refractivity contribution in [2.24, 2.45) is 5.92 Å². The van der Waals surface area contributed by atoms with Gasteiger partial charge in [0.05, 0.1) is 0 Å². The van der Waals surface area contributed by atoms with Crippen LogP contribution in [0.3, 0.4) is 0 Å². The molecular weight excluding hydrogens is 234 g/mol. The first kappa shape index (κ1) is 11.2. The van der Waals surface area contributed by atoms with Gasteiger partial charge >= 0.3 is 0 Å². The number of nitrogens with zero attached hydrogens (tertiary/aromatic N) is 1. The van der Waals surface area contributed by atoms with Crippen molar-refractivity contribution < 1.29 is 4.79 Å². The largest absolute Gasteiger partial charge is 0.306 e. The van der Waals surface area contributed by atoms with E-state index in [1.807, 2.05) is 18.2 Å². The maximum absolute atomic E-state index is 12.1. The number of hydrogen-bond acceptors (Lipinski definition) is 2. The lowest BCUT2D eigenvalue weighted by Gasteiger charge is -2.40. The highest BCUT2D eigenvalue weighted by Gasteiger charge is 2.36. The van der Waals surface area contributed by atoms with Gasteiger partial charge < -0.3 is 4.90 Å². The lowest BCUT2D eigenvalue weighted by molar-refractivity contribution is 0.0887. The van der Waals surface area contributed by atoms with Gasteiger partial charge in [0.25, 0.3) is 0 Å². The fourth-order valence-corrected chi connectivity index (χ4v) is 3.37. The van der Waals surface area contributed by atoms with Crippen molar-refractivity contribution in [1.82, 2.24) is 4.90 Å². The summed E-state index contributed by atoms with van der Waals surface area (Å²) in [5.41, 5.74) is 2.07. The summed E-state index contributed by atoms with van der Waals surface area (Å²) in [4.78, 5) is 14.5. The Morgan fingerprint density at radius 1 is 1.41 bits per heavy atom. The fourth-order valence-electron chi connectivity index (χ4n) is 3.20. The molecule has 1 aliphatic heterocycles. The van der Waals surface area contributed by atoms with E-state index in [-0.39, 0.29) is 5.78 Å². The molecule has 1 saturated heterocycles. The molecule has 1 heterocycles. The molecule has 17 heavy (non-hydrogen) atoms. The lowest BCUT2D eigenvalue weighted by Crippen LogP contribution is -2.40. The number of rotatable bonds is 0. The first-order valence-electron chi connectivity index (χ1n) is 6.16. The average Bonchev–Trinajstić information content (AvgIpc) is 2.30. The number of likely N-dealkylation sites (tertiary alicyclic amines) is 1. The third kappa shape index (κ3) is 1.90. The normalized spacial score (nSPS) is 28.7. The van der Waals surface area contributed by atoms with E-state index >= 15 is 0 Å². The molecule has 0 spiro atoms. The number of ketones is 1. The Kier molecular flexibility index (Phi) is 2.72. The number of piperidine rings is 1. The minimum atomic E-state index is 0.272. The van der Waals surface area contributed by atoms with Crippen LogP contribution in [0.5, 0.6) is 0 Å². The van der Waals surface area contributed by atoms with Crippen LogP contribution in [0.15, 0.2) is 18.2 Å². The fraction of sp³-hybridized carbons (Fsp3) is 0.500. The molecule has 0 radical (unpaired) electrons. The van der Waals surface area contributed by atoms with Crippen LogP contribution in [0, 0.1) is 5.92 Å². The van der Waals surface area contributed by atoms with Crippen molar-refractivity contribution in [3.63, 3.8) is 0 Å². The standard InChI is InChI=1S/C14H16ClNO/c1-16-5-4-9-6-14(17)12-7-10(15)2-3-11(12)13(9)8-16/h2-3,7,9,13H,4-6,8H2,1H3/t9-,13-/m1/s1. The number of hydrogen-bond donors (Lipinski definition) is 0. The van der Waals surface area contributed by atoms with E-state index in [4.69, 9.17) is 11.6 Å². The van der Waals surface area contributed by atoms with Gasteiger partial charge in [-0.1, -0.05) is 17.7 Å². The molecule has 2 atom stereocenters. The monoisotopic (exact) mass is 249 g/mol. The summed E-state index contributed by atoms with van der Waals surface area (Å²) in [6, 6.07) is 5.79. The van der Waals surface area contributed by atoms with Crippen LogP contribution in [0.1, 0.15) is 34.7 Å². The summed E-state index contributed by atoms with van der Waals surface area (Å²) in [5, 5.41) is 0.666. The van der Waals surface area contributed by atoms with Crippen LogP contribution in [0.2, 0.25) is 5.02 Å². The van der Waals surface area contributed by atoms with Crippen molar-refractivity contribution in [1.29, 1.82) is 0 Å². The number of halogens is 1. The highest BCUT2D eigenvalue weighted by molar-refractivity contribution is 6.31. The minimum Gasteiger partial charge on any atom is -0.306 e. The first-order chi connectivity index (χ1) is 8.15. The van der Waals surface area contributed by atoms with E-state index in [2.05, 4.69) is 11.9 Å². The van der Waals surface area contributed by atoms with Crippen molar-refractivity contribution in [3.8, 4) is 0 Å². The topological polar surface area (TPSA) is 20.3 Å². The number of fused-ring (bicyclic) bond motifs is 3. The zero-order valence-electron chi connectivity index (χ0n) is 9.95. The molecule has 1 fully saturated rings. The van der Waals surface area contributed by atoms with Crippen molar-refractivity contribution in [3.05, 3.63) is 34.3 Å². The van der Waals surface area contributed by atoms with Crippen LogP contribution < -0.4 is 0 Å². The Morgan fingerprint density at radius 2 is 2.24 bits per heavy atom. The third-order valence-corrected chi connectivity index (χ3v) is 4.36. The summed E-state index contributed by atoms with van der Waals surface area (Å²) in [7, 11) is 2.15. The maximum atomic E-state index is 12.1. The summed E-state index contributed by atoms with van der Waals surface area (Å²) < 4.78 is 0. The minimum absolute atomic E-state index is 0.272. The van der Waals surface area contributed by atoms with E-state index in [0.29, 0.717) is 23.3 Å². The highest BCUT2D eigenvalue weighted by Crippen LogP contribution is 2.41. The lowest BCUT2D eigenvalue weighted by atomic mass is 9.71. The Labute approximate surface area is 107 Å². The third-order valence-electron chi connectivity index (χ3n) is 4.12. The Morgan fingerprint density at radius 3 is 3.06 bits per heavy atom. The van der Waals surface area contributed by atoms with Crippen LogP contribution in [0.4, 0.5) is 0 Å². The number of carbonyl (C=O) groups is 1. The van der Waals surface area contributed by atoms with Gasteiger partial charge in [-0.3, -0.25) is 4.79 Å². The predicted octanol–water partition coefficient (Wildman–Crippen LogP) is 2.96. The molecule has 0 saturated carbocycles. The second-order valence-corrected chi connectivity index (χ2v) is 5.71. The Bertz CT molecular complexity index is 471. The molecular formula is C14H16ClNO. The molecule has 90 valence electrons.